The molecule has 0 unspecified atom stereocenters. The maximum Gasteiger partial charge on any atom is 0.426 e. The molecular weight excluding hydrogens is 604 g/mol. The lowest BCUT2D eigenvalue weighted by Gasteiger charge is -2.43. The molecule has 1 N–H and O–H groups in total. The van der Waals surface area contributed by atoms with E-state index in [0.29, 0.717) is 0 Å². The minimum absolute atomic E-state index is 0.0202. The van der Waals surface area contributed by atoms with Crippen molar-refractivity contribution in [3.8, 4) is 0 Å². The molecule has 0 aliphatic rings. The van der Waals surface area contributed by atoms with Crippen LogP contribution in [0, 0.1) is 0 Å². The van der Waals surface area contributed by atoms with Crippen molar-refractivity contribution >= 4 is 5.97 Å². The Labute approximate surface area is 214 Å². The van der Waals surface area contributed by atoms with Gasteiger partial charge in [-0.25, -0.2) is 4.79 Å². The Bertz CT molecular complexity index is 1010. The van der Waals surface area contributed by atoms with E-state index < -0.39 is 72.1 Å². The van der Waals surface area contributed by atoms with Gasteiger partial charge >= 0.3 is 53.5 Å². The molecule has 1 aromatic rings. The fraction of sp³-hybridized carbons (Fsp3) is 0.571. The van der Waals surface area contributed by atoms with E-state index >= 15 is 0 Å². The van der Waals surface area contributed by atoms with E-state index in [2.05, 4.69) is 11.3 Å². The summed E-state index contributed by atoms with van der Waals surface area (Å²) in [6.07, 6.45) is -9.20. The molecule has 19 heteroatoms. The largest absolute Gasteiger partial charge is 0.478 e. The van der Waals surface area contributed by atoms with Crippen molar-refractivity contribution in [1.29, 1.82) is 0 Å². The molecule has 0 aromatic heterocycles. The van der Waals surface area contributed by atoms with Crippen LogP contribution in [0.5, 0.6) is 0 Å². The number of aliphatic carboxylic acids is 1. The summed E-state index contributed by atoms with van der Waals surface area (Å²) >= 11 is 0. The molecule has 0 fully saturated rings. The molecule has 0 saturated heterocycles. The van der Waals surface area contributed by atoms with Crippen LogP contribution in [0.4, 0.5) is 70.2 Å². The Morgan fingerprint density at radius 2 is 1.02 bits per heavy atom. The first kappa shape index (κ1) is 37.3. The number of carbonyl (C=O) groups is 1. The fourth-order valence-corrected chi connectivity index (χ4v) is 2.26. The summed E-state index contributed by atoms with van der Waals surface area (Å²) in [4.78, 5) is 9.60. The van der Waals surface area contributed by atoms with E-state index in [1.807, 2.05) is 0 Å². The number of rotatable bonds is 12. The van der Waals surface area contributed by atoms with Crippen LogP contribution in [0.3, 0.4) is 0 Å². The molecule has 0 spiro atoms. The predicted molar refractivity (Wildman–Crippen MR) is 104 cm³/mol. The second-order valence-corrected chi connectivity index (χ2v) is 7.88. The van der Waals surface area contributed by atoms with Gasteiger partial charge in [0.25, 0.3) is 0 Å². The Hall–Kier alpha value is -2.73. The highest BCUT2D eigenvalue weighted by Gasteiger charge is 2.95. The molecule has 1 rings (SSSR count). The number of carboxylic acids is 1. The Morgan fingerprint density at radius 1 is 0.700 bits per heavy atom. The van der Waals surface area contributed by atoms with Crippen LogP contribution in [-0.2, 0) is 16.1 Å². The number of benzene rings is 1. The van der Waals surface area contributed by atoms with Crippen molar-refractivity contribution in [3.05, 3.63) is 48.0 Å². The van der Waals surface area contributed by atoms with Crippen LogP contribution in [0.2, 0.25) is 0 Å². The van der Waals surface area contributed by atoms with E-state index in [0.717, 1.165) is 24.3 Å². The maximum atomic E-state index is 13.7. The summed E-state index contributed by atoms with van der Waals surface area (Å²) in [5.41, 5.74) is -0.290. The molecule has 0 aliphatic heterocycles. The minimum atomic E-state index is -8.44. The highest BCUT2D eigenvalue weighted by Crippen LogP contribution is 2.64. The summed E-state index contributed by atoms with van der Waals surface area (Å²) in [5.74, 6) is -55.7. The maximum absolute atomic E-state index is 13.7. The molecule has 0 atom stereocenters. The molecule has 40 heavy (non-hydrogen) atoms. The highest BCUT2D eigenvalue weighted by molar-refractivity contribution is 5.84. The zero-order chi connectivity index (χ0) is 32.4. The minimum Gasteiger partial charge on any atom is -0.478 e. The summed E-state index contributed by atoms with van der Waals surface area (Å²) in [7, 11) is 0. The van der Waals surface area contributed by atoms with Crippen LogP contribution in [-0.4, -0.2) is 58.6 Å². The Kier molecular flexibility index (Phi) is 10.8. The molecule has 0 amide bonds. The van der Waals surface area contributed by atoms with Gasteiger partial charge in [0, 0.05) is 12.0 Å². The molecule has 232 valence electrons. The second kappa shape index (κ2) is 11.6. The number of alkyl halides is 16. The van der Waals surface area contributed by atoms with Crippen LogP contribution < -0.4 is 0 Å². The van der Waals surface area contributed by atoms with Crippen molar-refractivity contribution in [3.63, 3.8) is 0 Å². The lowest BCUT2D eigenvalue weighted by atomic mass is 9.88. The van der Waals surface area contributed by atoms with Crippen molar-refractivity contribution in [2.45, 2.75) is 74.4 Å². The molecule has 0 saturated carbocycles. The van der Waals surface area contributed by atoms with Gasteiger partial charge in [-0.05, 0) is 12.5 Å². The van der Waals surface area contributed by atoms with Gasteiger partial charge in [-0.2, -0.15) is 70.2 Å². The third-order valence-electron chi connectivity index (χ3n) is 4.87. The third-order valence-corrected chi connectivity index (χ3v) is 4.87. The van der Waals surface area contributed by atoms with Crippen molar-refractivity contribution < 1.29 is 84.9 Å². The molecule has 0 radical (unpaired) electrons. The first-order chi connectivity index (χ1) is 17.5. The third kappa shape index (κ3) is 6.27. The van der Waals surface area contributed by atoms with Gasteiger partial charge in [-0.1, -0.05) is 43.8 Å². The first-order valence-electron chi connectivity index (χ1n) is 10.1. The second-order valence-electron chi connectivity index (χ2n) is 7.88. The highest BCUT2D eigenvalue weighted by atomic mass is 19.4. The van der Waals surface area contributed by atoms with E-state index in [4.69, 9.17) is 5.11 Å². The zero-order valence-electron chi connectivity index (χ0n) is 19.8. The normalized spacial score (nSPS) is 14.3. The van der Waals surface area contributed by atoms with E-state index in [1.54, 1.807) is 0 Å². The van der Waals surface area contributed by atoms with Crippen LogP contribution in [0.15, 0.2) is 42.5 Å². The van der Waals surface area contributed by atoms with Gasteiger partial charge in [0.05, 0.1) is 6.61 Å². The van der Waals surface area contributed by atoms with Crippen LogP contribution in [0.1, 0.15) is 25.8 Å². The molecular formula is C21H18F16O3. The van der Waals surface area contributed by atoms with Crippen LogP contribution >= 0.6 is 0 Å². The van der Waals surface area contributed by atoms with Gasteiger partial charge in [-0.15, -0.1) is 0 Å². The molecule has 0 heterocycles. The number of hydrogen-bond donors (Lipinski definition) is 1. The fourth-order valence-electron chi connectivity index (χ4n) is 2.26. The van der Waals surface area contributed by atoms with Crippen molar-refractivity contribution in [1.82, 2.24) is 0 Å². The first-order valence-corrected chi connectivity index (χ1v) is 10.1. The van der Waals surface area contributed by atoms with E-state index in [1.165, 1.54) is 13.0 Å². The lowest BCUT2D eigenvalue weighted by molar-refractivity contribution is -0.473. The summed E-state index contributed by atoms with van der Waals surface area (Å²) in [5, 5.41) is 7.89. The average Bonchev–Trinajstić information content (AvgIpc) is 2.82. The molecule has 1 aromatic carbocycles. The van der Waals surface area contributed by atoms with E-state index in [-0.39, 0.29) is 12.5 Å². The van der Waals surface area contributed by atoms with Gasteiger partial charge in [-0.3, -0.25) is 0 Å². The van der Waals surface area contributed by atoms with Gasteiger partial charge in [0.1, 0.15) is 0 Å². The molecule has 0 aliphatic carbocycles. The summed E-state index contributed by atoms with van der Waals surface area (Å²) < 4.78 is 219. The quantitative estimate of drug-likeness (QED) is 0.189. The number of ether oxygens (including phenoxy) is 1. The smallest absolute Gasteiger partial charge is 0.426 e. The lowest BCUT2D eigenvalue weighted by Crippen LogP contribution is -2.74. The SMILES string of the molecule is C=C(C)C(=O)O.CCC(F)(F)C(F)(F)C(F)(F)C(F)(F)C(F)(F)C(F)(F)C(F)(F)C(F)(F)OCc1ccccc1. The number of hydrogen-bond acceptors (Lipinski definition) is 2. The summed E-state index contributed by atoms with van der Waals surface area (Å²) in [6.45, 7) is 2.86. The number of carboxylic acid groups (broad SMARTS) is 1. The standard InChI is InChI=1S/C17H12F16O.C4H6O2/c1-2-10(18,19)11(20,21)12(22,23)13(24,25)14(26,27)15(28,29)16(30,31)17(32,33)34-8-9-6-4-3-5-7-9;1-3(2)4(5)6/h3-7H,2,8H2,1H3;1H2,2H3,(H,5,6). The Balaban J connectivity index is 0.00000227. The van der Waals surface area contributed by atoms with E-state index in [9.17, 15) is 75.0 Å². The zero-order valence-corrected chi connectivity index (χ0v) is 19.8. The molecule has 3 nitrogen and oxygen atoms in total. The Morgan fingerprint density at radius 3 is 1.35 bits per heavy atom. The number of halogens is 16. The van der Waals surface area contributed by atoms with Gasteiger partial charge < -0.3 is 9.84 Å². The van der Waals surface area contributed by atoms with Crippen molar-refractivity contribution in [2.24, 2.45) is 0 Å². The molecule has 0 bridgehead atoms. The monoisotopic (exact) mass is 622 g/mol. The average molecular weight is 622 g/mol. The van der Waals surface area contributed by atoms with Crippen molar-refractivity contribution in [2.75, 3.05) is 0 Å². The summed E-state index contributed by atoms with van der Waals surface area (Å²) in [6, 6.07) is 5.13. The van der Waals surface area contributed by atoms with Gasteiger partial charge in [0.15, 0.2) is 0 Å². The van der Waals surface area contributed by atoms with Gasteiger partial charge in [0.2, 0.25) is 0 Å². The topological polar surface area (TPSA) is 46.5 Å². The van der Waals surface area contributed by atoms with Crippen LogP contribution in [0.25, 0.3) is 0 Å². The predicted octanol–water partition coefficient (Wildman–Crippen LogP) is 8.30.